The minimum atomic E-state index is -0.651. The number of nitrogens with one attached hydrogen (secondary N) is 1. The number of carbonyl (C=O) groups is 1. The fraction of sp³-hybridized carbons (Fsp3) is 0.263. The summed E-state index contributed by atoms with van der Waals surface area (Å²) in [6, 6.07) is 13.8. The molecule has 6 nitrogen and oxygen atoms in total. The summed E-state index contributed by atoms with van der Waals surface area (Å²) in [4.78, 5) is 12.2. The lowest BCUT2D eigenvalue weighted by molar-refractivity contribution is 0.0940. The molecule has 0 radical (unpaired) electrons. The molecule has 3 aromatic rings. The number of benzene rings is 2. The molecular weight excluding hydrogens is 318 g/mol. The molecule has 0 aliphatic heterocycles. The monoisotopic (exact) mass is 339 g/mol. The largest absolute Gasteiger partial charge is 0.479 e. The smallest absolute Gasteiger partial charge is 0.258 e. The third kappa shape index (κ3) is 3.64. The molecule has 0 saturated carbocycles. The SMILES string of the molecule is COc1nn(C)cc1C(=O)NCC[C@H](O)c1cccc2ccccc12. The Hall–Kier alpha value is -2.86. The van der Waals surface area contributed by atoms with Gasteiger partial charge < -0.3 is 15.2 Å². The molecule has 0 fully saturated rings. The van der Waals surface area contributed by atoms with Crippen molar-refractivity contribution in [3.8, 4) is 5.88 Å². The molecule has 0 unspecified atom stereocenters. The van der Waals surface area contributed by atoms with Gasteiger partial charge in [-0.25, -0.2) is 0 Å². The van der Waals surface area contributed by atoms with Crippen LogP contribution in [0, 0.1) is 0 Å². The predicted octanol–water partition coefficient (Wildman–Crippen LogP) is 2.44. The molecule has 0 aliphatic rings. The number of hydrogen-bond acceptors (Lipinski definition) is 4. The molecule has 6 heteroatoms. The van der Waals surface area contributed by atoms with Crippen LogP contribution in [0.1, 0.15) is 28.4 Å². The second kappa shape index (κ2) is 7.36. The minimum Gasteiger partial charge on any atom is -0.479 e. The molecule has 1 atom stereocenters. The van der Waals surface area contributed by atoms with Crippen LogP contribution in [0.3, 0.4) is 0 Å². The van der Waals surface area contributed by atoms with Crippen molar-refractivity contribution in [3.05, 3.63) is 59.8 Å². The van der Waals surface area contributed by atoms with Crippen molar-refractivity contribution in [1.29, 1.82) is 0 Å². The van der Waals surface area contributed by atoms with E-state index in [9.17, 15) is 9.90 Å². The Morgan fingerprint density at radius 3 is 2.84 bits per heavy atom. The number of rotatable bonds is 6. The lowest BCUT2D eigenvalue weighted by Gasteiger charge is -2.14. The molecule has 0 saturated heterocycles. The summed E-state index contributed by atoms with van der Waals surface area (Å²) >= 11 is 0. The third-order valence-corrected chi connectivity index (χ3v) is 4.12. The van der Waals surface area contributed by atoms with E-state index in [1.54, 1.807) is 13.2 Å². The van der Waals surface area contributed by atoms with Crippen LogP contribution in [-0.4, -0.2) is 34.4 Å². The Balaban J connectivity index is 1.64. The van der Waals surface area contributed by atoms with Gasteiger partial charge in [-0.1, -0.05) is 42.5 Å². The normalized spacial score (nSPS) is 12.1. The molecule has 2 aromatic carbocycles. The topological polar surface area (TPSA) is 76.4 Å². The average molecular weight is 339 g/mol. The van der Waals surface area contributed by atoms with E-state index in [0.717, 1.165) is 16.3 Å². The molecule has 1 heterocycles. The molecule has 0 spiro atoms. The summed E-state index contributed by atoms with van der Waals surface area (Å²) in [5, 5.41) is 19.5. The Labute approximate surface area is 146 Å². The summed E-state index contributed by atoms with van der Waals surface area (Å²) in [6.45, 7) is 0.348. The van der Waals surface area contributed by atoms with Crippen LogP contribution in [0.4, 0.5) is 0 Å². The number of fused-ring (bicyclic) bond motifs is 1. The second-order valence-corrected chi connectivity index (χ2v) is 5.85. The fourth-order valence-electron chi connectivity index (χ4n) is 2.89. The maximum Gasteiger partial charge on any atom is 0.258 e. The van der Waals surface area contributed by atoms with E-state index >= 15 is 0 Å². The predicted molar refractivity (Wildman–Crippen MR) is 95.6 cm³/mol. The van der Waals surface area contributed by atoms with E-state index in [0.29, 0.717) is 18.5 Å². The molecule has 130 valence electrons. The maximum absolute atomic E-state index is 12.2. The number of hydrogen-bond donors (Lipinski definition) is 2. The van der Waals surface area contributed by atoms with E-state index in [2.05, 4.69) is 10.4 Å². The molecule has 0 bridgehead atoms. The van der Waals surface area contributed by atoms with Crippen molar-refractivity contribution in [2.75, 3.05) is 13.7 Å². The molecule has 1 amide bonds. The minimum absolute atomic E-state index is 0.268. The van der Waals surface area contributed by atoms with Gasteiger partial charge in [0.05, 0.1) is 13.2 Å². The van der Waals surface area contributed by atoms with Gasteiger partial charge in [0.15, 0.2) is 0 Å². The van der Waals surface area contributed by atoms with E-state index in [-0.39, 0.29) is 11.8 Å². The highest BCUT2D eigenvalue weighted by Gasteiger charge is 2.17. The van der Waals surface area contributed by atoms with Crippen LogP contribution < -0.4 is 10.1 Å². The molecule has 1 aromatic heterocycles. The summed E-state index contributed by atoms with van der Waals surface area (Å²) in [6.07, 6.45) is 1.37. The van der Waals surface area contributed by atoms with Gasteiger partial charge in [0, 0.05) is 19.8 Å². The molecule has 3 rings (SSSR count). The number of aliphatic hydroxyl groups excluding tert-OH is 1. The van der Waals surface area contributed by atoms with Gasteiger partial charge in [0.25, 0.3) is 5.91 Å². The first-order valence-corrected chi connectivity index (χ1v) is 8.11. The van der Waals surface area contributed by atoms with Crippen LogP contribution in [0.25, 0.3) is 10.8 Å². The van der Waals surface area contributed by atoms with Gasteiger partial charge in [-0.05, 0) is 22.8 Å². The molecule has 0 aliphatic carbocycles. The lowest BCUT2D eigenvalue weighted by atomic mass is 9.99. The summed E-state index contributed by atoms with van der Waals surface area (Å²) in [5.41, 5.74) is 1.25. The quantitative estimate of drug-likeness (QED) is 0.723. The van der Waals surface area contributed by atoms with Crippen LogP contribution >= 0.6 is 0 Å². The lowest BCUT2D eigenvalue weighted by Crippen LogP contribution is -2.25. The van der Waals surface area contributed by atoms with Gasteiger partial charge in [0.2, 0.25) is 5.88 Å². The number of methoxy groups -OCH3 is 1. The van der Waals surface area contributed by atoms with E-state index in [4.69, 9.17) is 4.74 Å². The Kier molecular flexibility index (Phi) is 5.00. The van der Waals surface area contributed by atoms with Crippen molar-refractivity contribution >= 4 is 16.7 Å². The number of carbonyl (C=O) groups excluding carboxylic acids is 1. The zero-order chi connectivity index (χ0) is 17.8. The van der Waals surface area contributed by atoms with Crippen molar-refractivity contribution < 1.29 is 14.6 Å². The third-order valence-electron chi connectivity index (χ3n) is 4.12. The standard InChI is InChI=1S/C19H21N3O3/c1-22-12-16(19(21-22)25-2)18(24)20-11-10-17(23)15-9-5-7-13-6-3-4-8-14(13)15/h3-9,12,17,23H,10-11H2,1-2H3,(H,20,24)/t17-/m0/s1. The van der Waals surface area contributed by atoms with Gasteiger partial charge in [0.1, 0.15) is 5.56 Å². The fourth-order valence-corrected chi connectivity index (χ4v) is 2.89. The first kappa shape index (κ1) is 17.0. The molecule has 25 heavy (non-hydrogen) atoms. The van der Waals surface area contributed by atoms with Gasteiger partial charge in [-0.3, -0.25) is 9.48 Å². The van der Waals surface area contributed by atoms with E-state index in [1.807, 2.05) is 42.5 Å². The van der Waals surface area contributed by atoms with E-state index < -0.39 is 6.10 Å². The van der Waals surface area contributed by atoms with Crippen molar-refractivity contribution in [2.45, 2.75) is 12.5 Å². The van der Waals surface area contributed by atoms with E-state index in [1.165, 1.54) is 11.8 Å². The Bertz CT molecular complexity index is 883. The summed E-state index contributed by atoms with van der Waals surface area (Å²) < 4.78 is 6.62. The maximum atomic E-state index is 12.2. The van der Waals surface area contributed by atoms with Gasteiger partial charge in [-0.15, -0.1) is 5.10 Å². The number of aryl methyl sites for hydroxylation is 1. The van der Waals surface area contributed by atoms with Crippen molar-refractivity contribution in [3.63, 3.8) is 0 Å². The van der Waals surface area contributed by atoms with Crippen LogP contribution in [0.5, 0.6) is 5.88 Å². The Morgan fingerprint density at radius 1 is 1.28 bits per heavy atom. The highest BCUT2D eigenvalue weighted by molar-refractivity contribution is 5.96. The van der Waals surface area contributed by atoms with Crippen molar-refractivity contribution in [1.82, 2.24) is 15.1 Å². The van der Waals surface area contributed by atoms with Gasteiger partial charge in [-0.2, -0.15) is 0 Å². The average Bonchev–Trinajstić information content (AvgIpc) is 3.02. The van der Waals surface area contributed by atoms with Crippen LogP contribution in [-0.2, 0) is 7.05 Å². The zero-order valence-corrected chi connectivity index (χ0v) is 14.3. The highest BCUT2D eigenvalue weighted by atomic mass is 16.5. The first-order chi connectivity index (χ1) is 12.1. The number of amides is 1. The number of ether oxygens (including phenoxy) is 1. The second-order valence-electron chi connectivity index (χ2n) is 5.85. The highest BCUT2D eigenvalue weighted by Crippen LogP contribution is 2.26. The summed E-state index contributed by atoms with van der Waals surface area (Å²) in [5.74, 6) is 0.0182. The number of aromatic nitrogens is 2. The number of nitrogens with zero attached hydrogens (tertiary/aromatic N) is 2. The van der Waals surface area contributed by atoms with Crippen LogP contribution in [0.15, 0.2) is 48.7 Å². The van der Waals surface area contributed by atoms with Crippen LogP contribution in [0.2, 0.25) is 0 Å². The molecule has 2 N–H and O–H groups in total. The summed E-state index contributed by atoms with van der Waals surface area (Å²) in [7, 11) is 3.20. The number of aliphatic hydroxyl groups is 1. The Morgan fingerprint density at radius 2 is 2.04 bits per heavy atom. The van der Waals surface area contributed by atoms with Gasteiger partial charge >= 0.3 is 0 Å². The zero-order valence-electron chi connectivity index (χ0n) is 14.3. The first-order valence-electron chi connectivity index (χ1n) is 8.11. The molecular formula is C19H21N3O3. The van der Waals surface area contributed by atoms with Crippen molar-refractivity contribution in [2.24, 2.45) is 7.05 Å².